The van der Waals surface area contributed by atoms with Crippen molar-refractivity contribution in [3.8, 4) is 22.6 Å². The Morgan fingerprint density at radius 1 is 1.22 bits per heavy atom. The number of carboxylic acid groups (broad SMARTS) is 1. The first-order valence-electron chi connectivity index (χ1n) is 9.01. The van der Waals surface area contributed by atoms with E-state index in [0.29, 0.717) is 16.9 Å². The Kier molecular flexibility index (Phi) is 5.08. The van der Waals surface area contributed by atoms with Crippen LogP contribution in [0.15, 0.2) is 54.1 Å². The second-order valence-corrected chi connectivity index (χ2v) is 7.30. The van der Waals surface area contributed by atoms with E-state index in [1.165, 1.54) is 5.57 Å². The Morgan fingerprint density at radius 2 is 1.93 bits per heavy atom. The van der Waals surface area contributed by atoms with E-state index in [1.54, 1.807) is 12.1 Å². The summed E-state index contributed by atoms with van der Waals surface area (Å²) in [4.78, 5) is 11.8. The first-order chi connectivity index (χ1) is 12.8. The predicted molar refractivity (Wildman–Crippen MR) is 107 cm³/mol. The number of allylic oxidation sites excluding steroid dienone is 2. The normalized spacial score (nSPS) is 17.7. The molecule has 2 aromatic carbocycles. The van der Waals surface area contributed by atoms with Crippen LogP contribution < -0.4 is 4.74 Å². The number of fused-ring (bicyclic) bond motifs is 1. The Morgan fingerprint density at radius 3 is 2.56 bits per heavy atom. The van der Waals surface area contributed by atoms with Gasteiger partial charge in [0.2, 0.25) is 0 Å². The van der Waals surface area contributed by atoms with Gasteiger partial charge >= 0.3 is 5.97 Å². The van der Waals surface area contributed by atoms with Crippen molar-refractivity contribution in [2.24, 2.45) is 0 Å². The van der Waals surface area contributed by atoms with Crippen molar-refractivity contribution in [2.75, 3.05) is 0 Å². The summed E-state index contributed by atoms with van der Waals surface area (Å²) in [6.07, 6.45) is 7.48. The lowest BCUT2D eigenvalue weighted by atomic mass is 9.90. The van der Waals surface area contributed by atoms with E-state index in [1.807, 2.05) is 43.3 Å². The molecule has 0 fully saturated rings. The van der Waals surface area contributed by atoms with Gasteiger partial charge in [0.25, 0.3) is 0 Å². The molecule has 4 heteroatoms. The molecule has 0 saturated carbocycles. The first kappa shape index (κ1) is 18.8. The van der Waals surface area contributed by atoms with Crippen LogP contribution in [0.1, 0.15) is 49.5 Å². The highest BCUT2D eigenvalue weighted by Crippen LogP contribution is 2.44. The highest BCUT2D eigenvalue weighted by atomic mass is 16.5. The van der Waals surface area contributed by atoms with Gasteiger partial charge in [-0.15, -0.1) is 0 Å². The Hall–Kier alpha value is -3.01. The third-order valence-corrected chi connectivity index (χ3v) is 4.74. The number of hydrogen-bond donors (Lipinski definition) is 2. The summed E-state index contributed by atoms with van der Waals surface area (Å²) >= 11 is 0. The zero-order chi connectivity index (χ0) is 19.6. The topological polar surface area (TPSA) is 66.8 Å². The van der Waals surface area contributed by atoms with Crippen molar-refractivity contribution in [3.05, 3.63) is 65.3 Å². The number of aromatic hydroxyl groups is 1. The molecule has 2 aromatic rings. The van der Waals surface area contributed by atoms with Crippen LogP contribution in [0.3, 0.4) is 0 Å². The van der Waals surface area contributed by atoms with E-state index < -0.39 is 11.6 Å². The average Bonchev–Trinajstić information content (AvgIpc) is 2.61. The molecule has 0 saturated heterocycles. The van der Waals surface area contributed by atoms with E-state index >= 15 is 0 Å². The number of benzene rings is 2. The lowest BCUT2D eigenvalue weighted by molar-refractivity contribution is 0.0694. The molecule has 0 aromatic heterocycles. The molecular formula is C23H24O4. The third-order valence-electron chi connectivity index (χ3n) is 4.74. The number of rotatable bonds is 5. The molecule has 0 radical (unpaired) electrons. The molecular weight excluding hydrogens is 340 g/mol. The van der Waals surface area contributed by atoms with Crippen LogP contribution in [-0.4, -0.2) is 21.8 Å². The number of hydrogen-bond acceptors (Lipinski definition) is 3. The van der Waals surface area contributed by atoms with Gasteiger partial charge < -0.3 is 14.9 Å². The van der Waals surface area contributed by atoms with Crippen molar-refractivity contribution in [2.45, 2.75) is 39.2 Å². The maximum absolute atomic E-state index is 11.8. The van der Waals surface area contributed by atoms with Crippen LogP contribution in [0.4, 0.5) is 0 Å². The van der Waals surface area contributed by atoms with Gasteiger partial charge in [0.15, 0.2) is 0 Å². The smallest absolute Gasteiger partial charge is 0.340 e. The minimum absolute atomic E-state index is 0.110. The SMILES string of the molecule is CC(C)=CCC[C@@]1(C)C=Cc2c(cc(-c3ccccc3)c(C(=O)O)c2O)O1. The lowest BCUT2D eigenvalue weighted by Crippen LogP contribution is -2.31. The van der Waals surface area contributed by atoms with Crippen LogP contribution in [0.25, 0.3) is 17.2 Å². The summed E-state index contributed by atoms with van der Waals surface area (Å²) in [5.74, 6) is -0.931. The molecule has 0 bridgehead atoms. The van der Waals surface area contributed by atoms with Gasteiger partial charge in [0.05, 0.1) is 5.56 Å². The Bertz CT molecular complexity index is 921. The number of carbonyl (C=O) groups is 1. The van der Waals surface area contributed by atoms with Crippen molar-refractivity contribution in [1.82, 2.24) is 0 Å². The quantitative estimate of drug-likeness (QED) is 0.671. The molecule has 1 aliphatic rings. The molecule has 1 aliphatic heterocycles. The van der Waals surface area contributed by atoms with E-state index in [4.69, 9.17) is 4.74 Å². The molecule has 140 valence electrons. The highest BCUT2D eigenvalue weighted by Gasteiger charge is 2.31. The first-order valence-corrected chi connectivity index (χ1v) is 9.01. The van der Waals surface area contributed by atoms with E-state index in [-0.39, 0.29) is 11.3 Å². The molecule has 1 heterocycles. The molecule has 0 amide bonds. The van der Waals surface area contributed by atoms with E-state index in [0.717, 1.165) is 18.4 Å². The van der Waals surface area contributed by atoms with Crippen molar-refractivity contribution in [3.63, 3.8) is 0 Å². The zero-order valence-electron chi connectivity index (χ0n) is 15.8. The zero-order valence-corrected chi connectivity index (χ0v) is 15.8. The largest absolute Gasteiger partial charge is 0.506 e. The predicted octanol–water partition coefficient (Wildman–Crippen LogP) is 5.67. The third kappa shape index (κ3) is 3.90. The molecule has 27 heavy (non-hydrogen) atoms. The molecule has 3 rings (SSSR count). The summed E-state index contributed by atoms with van der Waals surface area (Å²) < 4.78 is 6.21. The van der Waals surface area contributed by atoms with Crippen LogP contribution in [0.2, 0.25) is 0 Å². The maximum Gasteiger partial charge on any atom is 0.340 e. The number of carboxylic acids is 1. The Balaban J connectivity index is 2.06. The van der Waals surface area contributed by atoms with Gasteiger partial charge in [-0.1, -0.05) is 42.0 Å². The molecule has 0 spiro atoms. The van der Waals surface area contributed by atoms with Gasteiger partial charge in [-0.2, -0.15) is 0 Å². The summed E-state index contributed by atoms with van der Waals surface area (Å²) in [6.45, 7) is 6.12. The summed E-state index contributed by atoms with van der Waals surface area (Å²) in [7, 11) is 0. The van der Waals surface area contributed by atoms with Crippen LogP contribution in [0.5, 0.6) is 11.5 Å². The monoisotopic (exact) mass is 364 g/mol. The highest BCUT2D eigenvalue weighted by molar-refractivity contribution is 6.01. The number of aromatic carboxylic acids is 1. The minimum Gasteiger partial charge on any atom is -0.506 e. The van der Waals surface area contributed by atoms with E-state index in [9.17, 15) is 15.0 Å². The fraction of sp³-hybridized carbons (Fsp3) is 0.261. The lowest BCUT2D eigenvalue weighted by Gasteiger charge is -2.32. The van der Waals surface area contributed by atoms with Gasteiger partial charge in [-0.05, 0) is 57.4 Å². The summed E-state index contributed by atoms with van der Waals surface area (Å²) in [6, 6.07) is 10.9. The van der Waals surface area contributed by atoms with Gasteiger partial charge in [-0.25, -0.2) is 4.79 Å². The maximum atomic E-state index is 11.8. The van der Waals surface area contributed by atoms with E-state index in [2.05, 4.69) is 19.9 Å². The van der Waals surface area contributed by atoms with Crippen molar-refractivity contribution in [1.29, 1.82) is 0 Å². The second-order valence-electron chi connectivity index (χ2n) is 7.30. The molecule has 0 unspecified atom stereocenters. The van der Waals surface area contributed by atoms with Crippen molar-refractivity contribution >= 4 is 12.0 Å². The fourth-order valence-corrected chi connectivity index (χ4v) is 3.29. The molecule has 1 atom stereocenters. The van der Waals surface area contributed by atoms with Crippen LogP contribution >= 0.6 is 0 Å². The Labute approximate surface area is 159 Å². The minimum atomic E-state index is -1.17. The van der Waals surface area contributed by atoms with Gasteiger partial charge in [0, 0.05) is 5.56 Å². The van der Waals surface area contributed by atoms with Crippen molar-refractivity contribution < 1.29 is 19.7 Å². The van der Waals surface area contributed by atoms with Crippen LogP contribution in [0, 0.1) is 0 Å². The van der Waals surface area contributed by atoms with Crippen LogP contribution in [-0.2, 0) is 0 Å². The summed E-state index contributed by atoms with van der Waals surface area (Å²) in [5.41, 5.74) is 2.21. The number of phenols is 1. The fourth-order valence-electron chi connectivity index (χ4n) is 3.29. The molecule has 0 aliphatic carbocycles. The molecule has 2 N–H and O–H groups in total. The summed E-state index contributed by atoms with van der Waals surface area (Å²) in [5, 5.41) is 20.3. The van der Waals surface area contributed by atoms with Gasteiger partial charge in [0.1, 0.15) is 22.7 Å². The van der Waals surface area contributed by atoms with Gasteiger partial charge in [-0.3, -0.25) is 0 Å². The number of ether oxygens (including phenoxy) is 1. The second kappa shape index (κ2) is 7.31. The standard InChI is InChI=1S/C23H24O4/c1-15(2)8-7-12-23(3)13-11-17-19(27-23)14-18(16-9-5-4-6-10-16)20(21(17)24)22(25)26/h4-6,8-11,13-14,24H,7,12H2,1-3H3,(H,25,26)/t23-/m0/s1. The average molecular weight is 364 g/mol. The molecule has 4 nitrogen and oxygen atoms in total.